The summed E-state index contributed by atoms with van der Waals surface area (Å²) in [5, 5.41) is 2.89. The van der Waals surface area contributed by atoms with E-state index in [1.165, 1.54) is 11.1 Å². The van der Waals surface area contributed by atoms with Gasteiger partial charge in [-0.15, -0.1) is 0 Å². The minimum absolute atomic E-state index is 0.735. The molecule has 0 saturated carbocycles. The van der Waals surface area contributed by atoms with Crippen LogP contribution in [-0.4, -0.2) is 52.6 Å². The van der Waals surface area contributed by atoms with Gasteiger partial charge in [-0.1, -0.05) is 42.5 Å². The molecular weight excluding hydrogens is 431 g/mol. The van der Waals surface area contributed by atoms with Gasteiger partial charge < -0.3 is 23.8 Å². The molecule has 3 aromatic carbocycles. The minimum atomic E-state index is -3.02. The number of hydrogen-bond donors (Lipinski definition) is 0. The van der Waals surface area contributed by atoms with Crippen molar-refractivity contribution < 1.29 is 14.0 Å². The molecule has 33 heavy (non-hydrogen) atoms. The van der Waals surface area contributed by atoms with Crippen molar-refractivity contribution in [1.29, 1.82) is 0 Å². The molecule has 0 spiro atoms. The second kappa shape index (κ2) is 8.64. The molecule has 0 radical (unpaired) electrons. The third-order valence-corrected chi connectivity index (χ3v) is 10.3. The molecule has 5 nitrogen and oxygen atoms in total. The highest BCUT2D eigenvalue weighted by molar-refractivity contribution is 7.85. The number of nitrogens with zero attached hydrogens (tertiary/aromatic N) is 2. The first-order valence-electron chi connectivity index (χ1n) is 11.8. The average molecular weight is 461 g/mol. The van der Waals surface area contributed by atoms with E-state index >= 15 is 4.57 Å². The summed E-state index contributed by atoms with van der Waals surface area (Å²) in [6.45, 7) is 6.41. The van der Waals surface area contributed by atoms with E-state index in [1.54, 1.807) is 0 Å². The Morgan fingerprint density at radius 3 is 1.61 bits per heavy atom. The summed E-state index contributed by atoms with van der Waals surface area (Å²) in [5.74, 6) is 0. The molecule has 3 aliphatic rings. The first kappa shape index (κ1) is 21.0. The standard InChI is InChI=1S/C27H29N2O3P/c30-33(25-4-2-1-3-5-25)26-19-23(28-10-14-31-15-11-28)8-6-21(26)18-22-7-9-24(20-27(22)33)29-12-16-32-17-13-29/h1-9,19-20H,10-18H2. The van der Waals surface area contributed by atoms with Gasteiger partial charge in [-0.25, -0.2) is 0 Å². The monoisotopic (exact) mass is 460 g/mol. The average Bonchev–Trinajstić information content (AvgIpc) is 2.90. The first-order valence-corrected chi connectivity index (χ1v) is 13.5. The van der Waals surface area contributed by atoms with Gasteiger partial charge in [0.1, 0.15) is 0 Å². The maximum atomic E-state index is 15.3. The van der Waals surface area contributed by atoms with Gasteiger partial charge in [0, 0.05) is 53.5 Å². The Morgan fingerprint density at radius 1 is 0.636 bits per heavy atom. The molecular formula is C27H29N2O3P. The Hall–Kier alpha value is -2.59. The van der Waals surface area contributed by atoms with Crippen LogP contribution in [-0.2, 0) is 20.5 Å². The van der Waals surface area contributed by atoms with E-state index in [4.69, 9.17) is 9.47 Å². The fraction of sp³-hybridized carbons (Fsp3) is 0.333. The highest BCUT2D eigenvalue weighted by atomic mass is 31.2. The number of morpholine rings is 2. The Morgan fingerprint density at radius 2 is 1.12 bits per heavy atom. The summed E-state index contributed by atoms with van der Waals surface area (Å²) in [6.07, 6.45) is 0.814. The highest BCUT2D eigenvalue weighted by Gasteiger charge is 2.38. The lowest BCUT2D eigenvalue weighted by Gasteiger charge is -2.34. The van der Waals surface area contributed by atoms with Crippen LogP contribution in [0, 0.1) is 0 Å². The third kappa shape index (κ3) is 3.69. The Balaban J connectivity index is 1.51. The van der Waals surface area contributed by atoms with Crippen LogP contribution in [0.2, 0.25) is 0 Å². The minimum Gasteiger partial charge on any atom is -0.378 e. The first-order chi connectivity index (χ1) is 16.2. The number of benzene rings is 3. The quantitative estimate of drug-likeness (QED) is 0.440. The largest absolute Gasteiger partial charge is 0.378 e. The van der Waals surface area contributed by atoms with Crippen LogP contribution in [0.3, 0.4) is 0 Å². The van der Waals surface area contributed by atoms with Gasteiger partial charge in [-0.05, 0) is 41.8 Å². The zero-order valence-electron chi connectivity index (χ0n) is 18.8. The second-order valence-electron chi connectivity index (χ2n) is 8.95. The van der Waals surface area contributed by atoms with Crippen molar-refractivity contribution in [3.05, 3.63) is 77.9 Å². The van der Waals surface area contributed by atoms with E-state index in [2.05, 4.69) is 46.2 Å². The van der Waals surface area contributed by atoms with Crippen LogP contribution in [0.4, 0.5) is 11.4 Å². The van der Waals surface area contributed by atoms with Gasteiger partial charge in [0.2, 0.25) is 0 Å². The topological polar surface area (TPSA) is 42.0 Å². The number of rotatable bonds is 3. The predicted molar refractivity (Wildman–Crippen MR) is 135 cm³/mol. The van der Waals surface area contributed by atoms with Crippen molar-refractivity contribution in [3.8, 4) is 0 Å². The molecule has 3 aliphatic heterocycles. The normalized spacial score (nSPS) is 19.6. The van der Waals surface area contributed by atoms with E-state index in [0.717, 1.165) is 86.3 Å². The number of fused-ring (bicyclic) bond motifs is 2. The van der Waals surface area contributed by atoms with Crippen LogP contribution in [0.1, 0.15) is 11.1 Å². The Bertz CT molecular complexity index is 1130. The lowest BCUT2D eigenvalue weighted by Crippen LogP contribution is -2.39. The van der Waals surface area contributed by atoms with Crippen molar-refractivity contribution in [3.63, 3.8) is 0 Å². The van der Waals surface area contributed by atoms with Crippen LogP contribution < -0.4 is 25.7 Å². The van der Waals surface area contributed by atoms with Gasteiger partial charge in [-0.2, -0.15) is 0 Å². The SMILES string of the molecule is O=P1(c2ccccc2)c2cc(N3CCOCC3)ccc2Cc2ccc(N3CCOCC3)cc21. The van der Waals surface area contributed by atoms with Crippen LogP contribution >= 0.6 is 7.14 Å². The second-order valence-corrected chi connectivity index (χ2v) is 11.6. The molecule has 0 aromatic heterocycles. The lowest BCUT2D eigenvalue weighted by atomic mass is 10.0. The van der Waals surface area contributed by atoms with Crippen molar-refractivity contribution in [1.82, 2.24) is 0 Å². The van der Waals surface area contributed by atoms with E-state index in [1.807, 2.05) is 30.3 Å². The Labute approximate surface area is 195 Å². The number of anilines is 2. The molecule has 0 N–H and O–H groups in total. The molecule has 3 heterocycles. The molecule has 6 heteroatoms. The molecule has 170 valence electrons. The van der Waals surface area contributed by atoms with Crippen molar-refractivity contribution in [2.45, 2.75) is 6.42 Å². The summed E-state index contributed by atoms with van der Waals surface area (Å²) < 4.78 is 26.4. The van der Waals surface area contributed by atoms with Crippen molar-refractivity contribution in [2.24, 2.45) is 0 Å². The smallest absolute Gasteiger partial charge is 0.171 e. The van der Waals surface area contributed by atoms with E-state index < -0.39 is 7.14 Å². The van der Waals surface area contributed by atoms with Gasteiger partial charge in [0.05, 0.1) is 26.4 Å². The maximum Gasteiger partial charge on any atom is 0.171 e. The summed E-state index contributed by atoms with van der Waals surface area (Å²) in [6, 6.07) is 23.2. The molecule has 6 rings (SSSR count). The van der Waals surface area contributed by atoms with E-state index in [-0.39, 0.29) is 0 Å². The van der Waals surface area contributed by atoms with Crippen LogP contribution in [0.15, 0.2) is 66.7 Å². The van der Waals surface area contributed by atoms with Gasteiger partial charge in [0.15, 0.2) is 7.14 Å². The lowest BCUT2D eigenvalue weighted by molar-refractivity contribution is 0.122. The van der Waals surface area contributed by atoms with Crippen LogP contribution in [0.5, 0.6) is 0 Å². The van der Waals surface area contributed by atoms with Gasteiger partial charge in [-0.3, -0.25) is 0 Å². The zero-order chi connectivity index (χ0) is 22.3. The van der Waals surface area contributed by atoms with E-state index in [0.29, 0.717) is 0 Å². The fourth-order valence-corrected chi connectivity index (χ4v) is 8.43. The molecule has 0 bridgehead atoms. The van der Waals surface area contributed by atoms with Crippen LogP contribution in [0.25, 0.3) is 0 Å². The van der Waals surface area contributed by atoms with Gasteiger partial charge >= 0.3 is 0 Å². The molecule has 2 fully saturated rings. The molecule has 0 amide bonds. The molecule has 0 unspecified atom stereocenters. The van der Waals surface area contributed by atoms with Crippen molar-refractivity contribution in [2.75, 3.05) is 62.4 Å². The summed E-state index contributed by atoms with van der Waals surface area (Å²) in [7, 11) is -3.02. The number of hydrogen-bond acceptors (Lipinski definition) is 5. The maximum absolute atomic E-state index is 15.3. The fourth-order valence-electron chi connectivity index (χ4n) is 5.28. The summed E-state index contributed by atoms with van der Waals surface area (Å²) in [5.41, 5.74) is 4.62. The molecule has 3 aromatic rings. The van der Waals surface area contributed by atoms with Crippen molar-refractivity contribution >= 4 is 34.4 Å². The third-order valence-electron chi connectivity index (χ3n) is 7.07. The molecule has 2 saturated heterocycles. The molecule has 0 atom stereocenters. The number of ether oxygens (including phenoxy) is 2. The highest BCUT2D eigenvalue weighted by Crippen LogP contribution is 2.48. The molecule has 0 aliphatic carbocycles. The van der Waals surface area contributed by atoms with Gasteiger partial charge in [0.25, 0.3) is 0 Å². The predicted octanol–water partition coefficient (Wildman–Crippen LogP) is 2.90. The summed E-state index contributed by atoms with van der Waals surface area (Å²) in [4.78, 5) is 4.69. The Kier molecular flexibility index (Phi) is 5.49. The summed E-state index contributed by atoms with van der Waals surface area (Å²) >= 11 is 0. The van der Waals surface area contributed by atoms with E-state index in [9.17, 15) is 0 Å². The zero-order valence-corrected chi connectivity index (χ0v) is 19.7.